The summed E-state index contributed by atoms with van der Waals surface area (Å²) in [7, 11) is 0. The molecule has 1 fully saturated rings. The monoisotopic (exact) mass is 399 g/mol. The van der Waals surface area contributed by atoms with Crippen molar-refractivity contribution in [1.29, 1.82) is 0 Å². The molecule has 0 bridgehead atoms. The normalized spacial score (nSPS) is 15.5. The smallest absolute Gasteiger partial charge is 0.246 e. The Morgan fingerprint density at radius 2 is 2.00 bits per heavy atom. The van der Waals surface area contributed by atoms with Crippen LogP contribution in [0.25, 0.3) is 16.8 Å². The molecule has 1 saturated heterocycles. The summed E-state index contributed by atoms with van der Waals surface area (Å²) in [5.74, 6) is 1.10. The number of furan rings is 1. The second-order valence-electron chi connectivity index (χ2n) is 6.38. The van der Waals surface area contributed by atoms with Crippen LogP contribution in [0.3, 0.4) is 0 Å². The van der Waals surface area contributed by atoms with Gasteiger partial charge in [-0.1, -0.05) is 41.1 Å². The van der Waals surface area contributed by atoms with E-state index in [0.29, 0.717) is 24.0 Å². The molecule has 4 rings (SSSR count). The maximum atomic E-state index is 12.4. The highest BCUT2D eigenvalue weighted by atomic mass is 35.5. The summed E-state index contributed by atoms with van der Waals surface area (Å²) in [5.41, 5.74) is 0.849. The summed E-state index contributed by atoms with van der Waals surface area (Å²) in [6.45, 7) is 1.43. The van der Waals surface area contributed by atoms with Gasteiger partial charge in [0, 0.05) is 30.1 Å². The largest absolute Gasteiger partial charge is 0.462 e. The molecule has 3 heterocycles. The summed E-state index contributed by atoms with van der Waals surface area (Å²) < 4.78 is 5.38. The number of aromatic nitrogens is 2. The Hall–Kier alpha value is -2.44. The number of halogens is 1. The molecule has 0 aliphatic carbocycles. The number of hydrogen-bond acceptors (Lipinski definition) is 5. The number of carbonyl (C=O) groups excluding carboxylic acids is 1. The van der Waals surface area contributed by atoms with Crippen LogP contribution in [0, 0.1) is 0 Å². The van der Waals surface area contributed by atoms with Gasteiger partial charge in [-0.2, -0.15) is 0 Å². The Morgan fingerprint density at radius 1 is 1.19 bits per heavy atom. The van der Waals surface area contributed by atoms with Crippen molar-refractivity contribution in [1.82, 2.24) is 15.1 Å². The Morgan fingerprint density at radius 3 is 2.74 bits per heavy atom. The minimum Gasteiger partial charge on any atom is -0.462 e. The first kappa shape index (κ1) is 17.9. The maximum absolute atomic E-state index is 12.4. The van der Waals surface area contributed by atoms with Gasteiger partial charge in [0.25, 0.3) is 0 Å². The van der Waals surface area contributed by atoms with Crippen LogP contribution in [0.1, 0.15) is 29.3 Å². The third kappa shape index (κ3) is 4.12. The van der Waals surface area contributed by atoms with Crippen molar-refractivity contribution in [2.75, 3.05) is 13.1 Å². The van der Waals surface area contributed by atoms with Crippen molar-refractivity contribution >= 4 is 34.9 Å². The Labute approximate surface area is 166 Å². The van der Waals surface area contributed by atoms with Crippen LogP contribution in [0.4, 0.5) is 0 Å². The van der Waals surface area contributed by atoms with Gasteiger partial charge in [0.1, 0.15) is 5.01 Å². The van der Waals surface area contributed by atoms with E-state index < -0.39 is 0 Å². The number of carbonyl (C=O) groups is 1. The number of rotatable bonds is 4. The van der Waals surface area contributed by atoms with Crippen molar-refractivity contribution in [2.24, 2.45) is 0 Å². The SMILES string of the molecule is O=C(/C=C/c1ccccc1Cl)N1CCC(c2nnc(-c3ccco3)s2)CC1. The van der Waals surface area contributed by atoms with E-state index in [1.54, 1.807) is 29.8 Å². The predicted molar refractivity (Wildman–Crippen MR) is 107 cm³/mol. The first-order valence-corrected chi connectivity index (χ1v) is 9.99. The van der Waals surface area contributed by atoms with Gasteiger partial charge in [-0.05, 0) is 42.7 Å². The molecule has 1 aromatic carbocycles. The lowest BCUT2D eigenvalue weighted by Gasteiger charge is -2.30. The lowest BCUT2D eigenvalue weighted by Crippen LogP contribution is -2.36. The quantitative estimate of drug-likeness (QED) is 0.587. The van der Waals surface area contributed by atoms with E-state index in [2.05, 4.69) is 10.2 Å². The van der Waals surface area contributed by atoms with Crippen LogP contribution in [0.5, 0.6) is 0 Å². The average Bonchev–Trinajstić information content (AvgIpc) is 3.39. The number of benzene rings is 1. The molecular weight excluding hydrogens is 382 g/mol. The molecule has 7 heteroatoms. The number of hydrogen-bond donors (Lipinski definition) is 0. The molecule has 1 amide bonds. The molecule has 138 valence electrons. The van der Waals surface area contributed by atoms with E-state index in [1.165, 1.54) is 0 Å². The lowest BCUT2D eigenvalue weighted by molar-refractivity contribution is -0.126. The van der Waals surface area contributed by atoms with E-state index in [0.717, 1.165) is 34.2 Å². The second kappa shape index (κ2) is 8.06. The minimum atomic E-state index is 0.0157. The molecule has 2 aromatic heterocycles. The molecule has 1 aliphatic rings. The van der Waals surface area contributed by atoms with Crippen LogP contribution >= 0.6 is 22.9 Å². The van der Waals surface area contributed by atoms with Gasteiger partial charge in [0.2, 0.25) is 5.91 Å². The van der Waals surface area contributed by atoms with E-state index in [9.17, 15) is 4.79 Å². The number of piperidine rings is 1. The van der Waals surface area contributed by atoms with Gasteiger partial charge >= 0.3 is 0 Å². The van der Waals surface area contributed by atoms with Gasteiger partial charge in [-0.15, -0.1) is 10.2 Å². The van der Waals surface area contributed by atoms with Crippen molar-refractivity contribution in [3.8, 4) is 10.8 Å². The molecule has 5 nitrogen and oxygen atoms in total. The van der Waals surface area contributed by atoms with Crippen LogP contribution in [-0.2, 0) is 4.79 Å². The van der Waals surface area contributed by atoms with Crippen LogP contribution in [0.2, 0.25) is 5.02 Å². The van der Waals surface area contributed by atoms with E-state index in [4.69, 9.17) is 16.0 Å². The standard InChI is InChI=1S/C20H18ClN3O2S/c21-16-5-2-1-4-14(16)7-8-18(25)24-11-9-15(10-12-24)19-22-23-20(27-19)17-6-3-13-26-17/h1-8,13,15H,9-12H2/b8-7+. The zero-order chi connectivity index (χ0) is 18.6. The zero-order valence-electron chi connectivity index (χ0n) is 14.5. The second-order valence-corrected chi connectivity index (χ2v) is 7.79. The van der Waals surface area contributed by atoms with Crippen molar-refractivity contribution in [2.45, 2.75) is 18.8 Å². The van der Waals surface area contributed by atoms with Crippen molar-refractivity contribution < 1.29 is 9.21 Å². The molecule has 0 saturated carbocycles. The molecule has 0 unspecified atom stereocenters. The Balaban J connectivity index is 1.35. The topological polar surface area (TPSA) is 59.2 Å². The van der Waals surface area contributed by atoms with E-state index in [-0.39, 0.29) is 5.91 Å². The third-order valence-corrected chi connectivity index (χ3v) is 6.08. The van der Waals surface area contributed by atoms with Gasteiger partial charge in [-0.3, -0.25) is 4.79 Å². The van der Waals surface area contributed by atoms with E-state index >= 15 is 0 Å². The van der Waals surface area contributed by atoms with Crippen LogP contribution in [0.15, 0.2) is 53.2 Å². The van der Waals surface area contributed by atoms with Crippen LogP contribution < -0.4 is 0 Å². The number of amides is 1. The fourth-order valence-corrected chi connectivity index (χ4v) is 4.30. The average molecular weight is 400 g/mol. The van der Waals surface area contributed by atoms with Gasteiger partial charge in [0.15, 0.2) is 10.8 Å². The maximum Gasteiger partial charge on any atom is 0.246 e. The zero-order valence-corrected chi connectivity index (χ0v) is 16.1. The molecule has 0 N–H and O–H groups in total. The fourth-order valence-electron chi connectivity index (χ4n) is 3.12. The molecular formula is C20H18ClN3O2S. The highest BCUT2D eigenvalue weighted by Crippen LogP contribution is 2.33. The summed E-state index contributed by atoms with van der Waals surface area (Å²) in [4.78, 5) is 14.3. The summed E-state index contributed by atoms with van der Waals surface area (Å²) in [5, 5.41) is 11.0. The highest BCUT2D eigenvalue weighted by Gasteiger charge is 2.25. The molecule has 0 spiro atoms. The van der Waals surface area contributed by atoms with E-state index in [1.807, 2.05) is 41.3 Å². The van der Waals surface area contributed by atoms with Gasteiger partial charge in [0.05, 0.1) is 6.26 Å². The summed E-state index contributed by atoms with van der Waals surface area (Å²) >= 11 is 7.69. The molecule has 27 heavy (non-hydrogen) atoms. The Bertz CT molecular complexity index is 944. The lowest BCUT2D eigenvalue weighted by atomic mass is 9.97. The molecule has 3 aromatic rings. The first-order valence-electron chi connectivity index (χ1n) is 8.79. The first-order chi connectivity index (χ1) is 13.2. The van der Waals surface area contributed by atoms with Gasteiger partial charge < -0.3 is 9.32 Å². The molecule has 1 aliphatic heterocycles. The molecule has 0 radical (unpaired) electrons. The summed E-state index contributed by atoms with van der Waals surface area (Å²) in [6.07, 6.45) is 6.78. The minimum absolute atomic E-state index is 0.0157. The summed E-state index contributed by atoms with van der Waals surface area (Å²) in [6, 6.07) is 11.2. The van der Waals surface area contributed by atoms with Crippen molar-refractivity contribution in [3.63, 3.8) is 0 Å². The Kier molecular flexibility index (Phi) is 5.36. The highest BCUT2D eigenvalue weighted by molar-refractivity contribution is 7.14. The molecule has 0 atom stereocenters. The fraction of sp³-hybridized carbons (Fsp3) is 0.250. The number of nitrogens with zero attached hydrogens (tertiary/aromatic N) is 3. The van der Waals surface area contributed by atoms with Crippen LogP contribution in [-0.4, -0.2) is 34.1 Å². The predicted octanol–water partition coefficient (Wildman–Crippen LogP) is 4.87. The third-order valence-electron chi connectivity index (χ3n) is 4.64. The number of likely N-dealkylation sites (tertiary alicyclic amines) is 1. The van der Waals surface area contributed by atoms with Gasteiger partial charge in [-0.25, -0.2) is 0 Å². The van der Waals surface area contributed by atoms with Crippen molar-refractivity contribution in [3.05, 3.63) is 64.3 Å².